The Balaban J connectivity index is 1.92. The van der Waals surface area contributed by atoms with Gasteiger partial charge in [-0.3, -0.25) is 0 Å². The molecule has 78 valence electrons. The van der Waals surface area contributed by atoms with E-state index in [1.807, 2.05) is 28.9 Å². The van der Waals surface area contributed by atoms with E-state index in [0.29, 0.717) is 0 Å². The molecule has 2 heterocycles. The lowest BCUT2D eigenvalue weighted by Gasteiger charge is -2.03. The molecule has 1 aliphatic carbocycles. The fourth-order valence-corrected chi connectivity index (χ4v) is 1.75. The van der Waals surface area contributed by atoms with Gasteiger partial charge in [-0.15, -0.1) is 0 Å². The molecule has 0 unspecified atom stereocenters. The Hall–Kier alpha value is -1.55. The standard InChI is InChI=1S/C11H14N4/c12-10-2-1-5-15-9(7-14-11(10)15)6-13-8-3-4-8/h1-2,5,7-8,13H,3-4,6,12H2. The minimum absolute atomic E-state index is 0.719. The van der Waals surface area contributed by atoms with Crippen molar-refractivity contribution in [2.45, 2.75) is 25.4 Å². The highest BCUT2D eigenvalue weighted by Crippen LogP contribution is 2.20. The number of nitrogens with zero attached hydrogens (tertiary/aromatic N) is 2. The quantitative estimate of drug-likeness (QED) is 0.785. The maximum Gasteiger partial charge on any atom is 0.160 e. The number of nitrogens with one attached hydrogen (secondary N) is 1. The molecule has 3 N–H and O–H groups in total. The largest absolute Gasteiger partial charge is 0.396 e. The molecule has 0 amide bonds. The highest BCUT2D eigenvalue weighted by Gasteiger charge is 2.20. The van der Waals surface area contributed by atoms with Crippen LogP contribution in [0, 0.1) is 0 Å². The molecule has 2 aromatic rings. The van der Waals surface area contributed by atoms with E-state index in [4.69, 9.17) is 5.73 Å². The van der Waals surface area contributed by atoms with Crippen molar-refractivity contribution in [2.24, 2.45) is 0 Å². The van der Waals surface area contributed by atoms with Crippen LogP contribution >= 0.6 is 0 Å². The highest BCUT2D eigenvalue weighted by molar-refractivity contribution is 5.64. The molecule has 0 spiro atoms. The Morgan fingerprint density at radius 2 is 2.40 bits per heavy atom. The van der Waals surface area contributed by atoms with Crippen LogP contribution in [0.25, 0.3) is 5.65 Å². The van der Waals surface area contributed by atoms with E-state index in [0.717, 1.165) is 23.9 Å². The van der Waals surface area contributed by atoms with E-state index in [2.05, 4.69) is 10.3 Å². The molecule has 1 aliphatic rings. The second-order valence-corrected chi connectivity index (χ2v) is 4.06. The molecule has 4 nitrogen and oxygen atoms in total. The minimum Gasteiger partial charge on any atom is -0.396 e. The summed E-state index contributed by atoms with van der Waals surface area (Å²) in [5.41, 5.74) is 8.59. The SMILES string of the molecule is Nc1cccn2c(CNC3CC3)cnc12. The number of hydrogen-bond acceptors (Lipinski definition) is 3. The third kappa shape index (κ3) is 1.57. The zero-order chi connectivity index (χ0) is 10.3. The van der Waals surface area contributed by atoms with Crippen molar-refractivity contribution in [3.63, 3.8) is 0 Å². The normalized spacial score (nSPS) is 16.0. The van der Waals surface area contributed by atoms with Crippen LogP contribution in [0.1, 0.15) is 18.5 Å². The van der Waals surface area contributed by atoms with Crippen LogP contribution in [0.5, 0.6) is 0 Å². The highest BCUT2D eigenvalue weighted by atomic mass is 15.1. The molecule has 0 aliphatic heterocycles. The van der Waals surface area contributed by atoms with Crippen molar-refractivity contribution in [3.05, 3.63) is 30.2 Å². The number of imidazole rings is 1. The minimum atomic E-state index is 0.719. The lowest BCUT2D eigenvalue weighted by molar-refractivity contribution is 0.670. The number of fused-ring (bicyclic) bond motifs is 1. The molecule has 1 fully saturated rings. The molecule has 1 saturated carbocycles. The van der Waals surface area contributed by atoms with Gasteiger partial charge in [-0.05, 0) is 25.0 Å². The van der Waals surface area contributed by atoms with Crippen molar-refractivity contribution in [1.29, 1.82) is 0 Å². The van der Waals surface area contributed by atoms with Crippen molar-refractivity contribution < 1.29 is 0 Å². The lowest BCUT2D eigenvalue weighted by atomic mass is 10.4. The second-order valence-electron chi connectivity index (χ2n) is 4.06. The van der Waals surface area contributed by atoms with Gasteiger partial charge in [-0.25, -0.2) is 4.98 Å². The Morgan fingerprint density at radius 3 is 3.20 bits per heavy atom. The van der Waals surface area contributed by atoms with Gasteiger partial charge in [0, 0.05) is 18.8 Å². The number of hydrogen-bond donors (Lipinski definition) is 2. The van der Waals surface area contributed by atoms with Crippen molar-refractivity contribution >= 4 is 11.3 Å². The van der Waals surface area contributed by atoms with Crippen LogP contribution in [0.2, 0.25) is 0 Å². The Morgan fingerprint density at radius 1 is 1.53 bits per heavy atom. The average Bonchev–Trinajstić information content (AvgIpc) is 2.97. The summed E-state index contributed by atoms with van der Waals surface area (Å²) in [6.07, 6.45) is 6.50. The summed E-state index contributed by atoms with van der Waals surface area (Å²) in [7, 11) is 0. The smallest absolute Gasteiger partial charge is 0.160 e. The molecule has 3 rings (SSSR count). The van der Waals surface area contributed by atoms with Gasteiger partial charge in [-0.1, -0.05) is 0 Å². The third-order valence-electron chi connectivity index (χ3n) is 2.79. The van der Waals surface area contributed by atoms with Gasteiger partial charge in [-0.2, -0.15) is 0 Å². The average molecular weight is 202 g/mol. The summed E-state index contributed by atoms with van der Waals surface area (Å²) in [5, 5.41) is 3.47. The first-order valence-corrected chi connectivity index (χ1v) is 5.28. The summed E-state index contributed by atoms with van der Waals surface area (Å²) in [5.74, 6) is 0. The van der Waals surface area contributed by atoms with Gasteiger partial charge in [0.25, 0.3) is 0 Å². The van der Waals surface area contributed by atoms with E-state index in [9.17, 15) is 0 Å². The van der Waals surface area contributed by atoms with E-state index < -0.39 is 0 Å². The van der Waals surface area contributed by atoms with Crippen molar-refractivity contribution in [3.8, 4) is 0 Å². The van der Waals surface area contributed by atoms with Gasteiger partial charge >= 0.3 is 0 Å². The van der Waals surface area contributed by atoms with Crippen LogP contribution in [0.3, 0.4) is 0 Å². The van der Waals surface area contributed by atoms with Crippen LogP contribution < -0.4 is 11.1 Å². The maximum atomic E-state index is 5.83. The zero-order valence-corrected chi connectivity index (χ0v) is 8.48. The lowest BCUT2D eigenvalue weighted by Crippen LogP contribution is -2.16. The monoisotopic (exact) mass is 202 g/mol. The fraction of sp³-hybridized carbons (Fsp3) is 0.364. The third-order valence-corrected chi connectivity index (χ3v) is 2.79. The first-order chi connectivity index (χ1) is 7.34. The van der Waals surface area contributed by atoms with Gasteiger partial charge < -0.3 is 15.5 Å². The van der Waals surface area contributed by atoms with Crippen LogP contribution in [0.15, 0.2) is 24.5 Å². The predicted octanol–water partition coefficient (Wildman–Crippen LogP) is 1.17. The summed E-state index contributed by atoms with van der Waals surface area (Å²) in [6.45, 7) is 0.870. The molecule has 0 radical (unpaired) electrons. The maximum absolute atomic E-state index is 5.83. The van der Waals surface area contributed by atoms with Crippen LogP contribution in [0.4, 0.5) is 5.69 Å². The molecule has 0 aromatic carbocycles. The predicted molar refractivity (Wildman–Crippen MR) is 59.5 cm³/mol. The van der Waals surface area contributed by atoms with E-state index in [-0.39, 0.29) is 0 Å². The first-order valence-electron chi connectivity index (χ1n) is 5.28. The molecule has 4 heteroatoms. The summed E-state index contributed by atoms with van der Waals surface area (Å²) < 4.78 is 2.05. The topological polar surface area (TPSA) is 55.4 Å². The molecule has 0 saturated heterocycles. The van der Waals surface area contributed by atoms with Crippen molar-refractivity contribution in [2.75, 3.05) is 5.73 Å². The Bertz CT molecular complexity index is 484. The number of anilines is 1. The summed E-state index contributed by atoms with van der Waals surface area (Å²) >= 11 is 0. The number of nitrogen functional groups attached to an aromatic ring is 1. The molecule has 0 bridgehead atoms. The number of nitrogens with two attached hydrogens (primary N) is 1. The Kier molecular flexibility index (Phi) is 1.89. The van der Waals surface area contributed by atoms with Gasteiger partial charge in [0.1, 0.15) is 0 Å². The second kappa shape index (κ2) is 3.24. The summed E-state index contributed by atoms with van der Waals surface area (Å²) in [4.78, 5) is 4.31. The number of aromatic nitrogens is 2. The first kappa shape index (κ1) is 8.73. The van der Waals surface area contributed by atoms with Gasteiger partial charge in [0.15, 0.2) is 5.65 Å². The van der Waals surface area contributed by atoms with Gasteiger partial charge in [0.05, 0.1) is 17.6 Å². The van der Waals surface area contributed by atoms with Crippen molar-refractivity contribution in [1.82, 2.24) is 14.7 Å². The van der Waals surface area contributed by atoms with Crippen LogP contribution in [-0.4, -0.2) is 15.4 Å². The number of pyridine rings is 1. The van der Waals surface area contributed by atoms with E-state index in [1.165, 1.54) is 18.5 Å². The van der Waals surface area contributed by atoms with E-state index in [1.54, 1.807) is 0 Å². The number of rotatable bonds is 3. The molecule has 2 aromatic heterocycles. The van der Waals surface area contributed by atoms with Crippen LogP contribution in [-0.2, 0) is 6.54 Å². The molecule has 0 atom stereocenters. The molecular formula is C11H14N4. The van der Waals surface area contributed by atoms with Gasteiger partial charge in [0.2, 0.25) is 0 Å². The van der Waals surface area contributed by atoms with E-state index >= 15 is 0 Å². The Labute approximate surface area is 88.1 Å². The zero-order valence-electron chi connectivity index (χ0n) is 8.48. The fourth-order valence-electron chi connectivity index (χ4n) is 1.75. The summed E-state index contributed by atoms with van der Waals surface area (Å²) in [6, 6.07) is 4.54. The molecule has 15 heavy (non-hydrogen) atoms. The molecular weight excluding hydrogens is 188 g/mol.